The van der Waals surface area contributed by atoms with E-state index in [4.69, 9.17) is 4.74 Å². The van der Waals surface area contributed by atoms with E-state index in [9.17, 15) is 9.90 Å². The second kappa shape index (κ2) is 6.06. The van der Waals surface area contributed by atoms with Crippen molar-refractivity contribution < 1.29 is 14.6 Å². The van der Waals surface area contributed by atoms with Crippen LogP contribution in [0.3, 0.4) is 0 Å². The molecule has 2 unspecified atom stereocenters. The lowest BCUT2D eigenvalue weighted by Gasteiger charge is -2.25. The van der Waals surface area contributed by atoms with E-state index >= 15 is 0 Å². The van der Waals surface area contributed by atoms with E-state index < -0.39 is 6.10 Å². The Morgan fingerprint density at radius 3 is 2.81 bits per heavy atom. The van der Waals surface area contributed by atoms with Crippen LogP contribution in [0.1, 0.15) is 57.8 Å². The minimum atomic E-state index is -0.546. The minimum Gasteiger partial charge on any atom is -0.481 e. The highest BCUT2D eigenvalue weighted by Crippen LogP contribution is 2.32. The standard InChI is InChI=1S/C17H25NO3/c1-11(16(20)18-17(2,3)4)21-13-8-9-14-12(10-13)6-5-7-15(14)19/h8-11,15,19H,5-7H2,1-4H3,(H,18,20). The Kier molecular flexibility index (Phi) is 4.57. The first-order chi connectivity index (χ1) is 9.76. The molecule has 2 N–H and O–H groups in total. The Bertz CT molecular complexity index is 519. The van der Waals surface area contributed by atoms with Gasteiger partial charge in [-0.3, -0.25) is 4.79 Å². The van der Waals surface area contributed by atoms with Crippen LogP contribution in [0.2, 0.25) is 0 Å². The van der Waals surface area contributed by atoms with Crippen LogP contribution in [0.5, 0.6) is 5.75 Å². The second-order valence-corrected chi connectivity index (χ2v) is 6.77. The van der Waals surface area contributed by atoms with Crippen LogP contribution in [0.25, 0.3) is 0 Å². The first-order valence-corrected chi connectivity index (χ1v) is 7.56. The number of carbonyl (C=O) groups is 1. The lowest BCUT2D eigenvalue weighted by Crippen LogP contribution is -2.46. The maximum absolute atomic E-state index is 12.0. The van der Waals surface area contributed by atoms with Crippen LogP contribution in [-0.4, -0.2) is 22.7 Å². The molecule has 116 valence electrons. The number of aryl methyl sites for hydroxylation is 1. The van der Waals surface area contributed by atoms with Crippen molar-refractivity contribution in [1.82, 2.24) is 5.32 Å². The van der Waals surface area contributed by atoms with Gasteiger partial charge in [0, 0.05) is 5.54 Å². The third-order valence-electron chi connectivity index (χ3n) is 3.58. The zero-order chi connectivity index (χ0) is 15.6. The summed E-state index contributed by atoms with van der Waals surface area (Å²) in [6.45, 7) is 7.57. The predicted octanol–water partition coefficient (Wildman–Crippen LogP) is 2.74. The Morgan fingerprint density at radius 1 is 1.43 bits per heavy atom. The highest BCUT2D eigenvalue weighted by atomic mass is 16.5. The first-order valence-electron chi connectivity index (χ1n) is 7.56. The lowest BCUT2D eigenvalue weighted by atomic mass is 9.89. The van der Waals surface area contributed by atoms with Crippen molar-refractivity contribution in [2.24, 2.45) is 0 Å². The molecule has 21 heavy (non-hydrogen) atoms. The predicted molar refractivity (Wildman–Crippen MR) is 82.3 cm³/mol. The van der Waals surface area contributed by atoms with Crippen LogP contribution < -0.4 is 10.1 Å². The van der Waals surface area contributed by atoms with Crippen LogP contribution in [0, 0.1) is 0 Å². The third-order valence-corrected chi connectivity index (χ3v) is 3.58. The largest absolute Gasteiger partial charge is 0.481 e. The van der Waals surface area contributed by atoms with Crippen molar-refractivity contribution in [3.63, 3.8) is 0 Å². The van der Waals surface area contributed by atoms with E-state index in [2.05, 4.69) is 5.32 Å². The summed E-state index contributed by atoms with van der Waals surface area (Å²) in [7, 11) is 0. The number of ether oxygens (including phenoxy) is 1. The van der Waals surface area contributed by atoms with Crippen LogP contribution in [-0.2, 0) is 11.2 Å². The summed E-state index contributed by atoms with van der Waals surface area (Å²) >= 11 is 0. The molecule has 1 aromatic rings. The van der Waals surface area contributed by atoms with E-state index in [1.165, 1.54) is 0 Å². The van der Waals surface area contributed by atoms with Gasteiger partial charge in [0.15, 0.2) is 6.10 Å². The van der Waals surface area contributed by atoms with Crippen molar-refractivity contribution in [1.29, 1.82) is 0 Å². The first kappa shape index (κ1) is 15.8. The zero-order valence-electron chi connectivity index (χ0n) is 13.3. The molecular formula is C17H25NO3. The molecule has 1 aromatic carbocycles. The SMILES string of the molecule is CC(Oc1ccc2c(c1)CCCC2O)C(=O)NC(C)(C)C. The minimum absolute atomic E-state index is 0.125. The number of hydrogen-bond acceptors (Lipinski definition) is 3. The van der Waals surface area contributed by atoms with E-state index in [1.807, 2.05) is 39.0 Å². The molecule has 1 aliphatic carbocycles. The summed E-state index contributed by atoms with van der Waals surface area (Å²) in [6, 6.07) is 5.68. The topological polar surface area (TPSA) is 58.6 Å². The number of aliphatic hydroxyl groups excluding tert-OH is 1. The van der Waals surface area contributed by atoms with Crippen molar-refractivity contribution in [3.05, 3.63) is 29.3 Å². The normalized spacial score (nSPS) is 19.6. The van der Waals surface area contributed by atoms with Gasteiger partial charge in [0.05, 0.1) is 6.10 Å². The molecule has 0 aliphatic heterocycles. The average Bonchev–Trinajstić information content (AvgIpc) is 2.36. The number of fused-ring (bicyclic) bond motifs is 1. The molecular weight excluding hydrogens is 266 g/mol. The Hall–Kier alpha value is -1.55. The van der Waals surface area contributed by atoms with E-state index in [0.29, 0.717) is 5.75 Å². The number of amides is 1. The third kappa shape index (κ3) is 4.21. The highest BCUT2D eigenvalue weighted by molar-refractivity contribution is 5.81. The molecule has 4 heteroatoms. The van der Waals surface area contributed by atoms with Crippen LogP contribution in [0.4, 0.5) is 0 Å². The molecule has 1 aliphatic rings. The summed E-state index contributed by atoms with van der Waals surface area (Å²) in [4.78, 5) is 12.0. The van der Waals surface area contributed by atoms with Crippen molar-refractivity contribution in [2.75, 3.05) is 0 Å². The van der Waals surface area contributed by atoms with Gasteiger partial charge in [-0.1, -0.05) is 6.07 Å². The molecule has 0 aromatic heterocycles. The van der Waals surface area contributed by atoms with Gasteiger partial charge < -0.3 is 15.2 Å². The van der Waals surface area contributed by atoms with E-state index in [-0.39, 0.29) is 17.6 Å². The quantitative estimate of drug-likeness (QED) is 0.900. The molecule has 0 saturated heterocycles. The molecule has 0 fully saturated rings. The summed E-state index contributed by atoms with van der Waals surface area (Å²) in [5.74, 6) is 0.555. The fourth-order valence-corrected chi connectivity index (χ4v) is 2.57. The Balaban J connectivity index is 2.05. The molecule has 0 bridgehead atoms. The van der Waals surface area contributed by atoms with Crippen LogP contribution in [0.15, 0.2) is 18.2 Å². The summed E-state index contributed by atoms with van der Waals surface area (Å²) in [6.07, 6.45) is 1.83. The molecule has 2 rings (SSSR count). The van der Waals surface area contributed by atoms with Gasteiger partial charge in [-0.25, -0.2) is 0 Å². The van der Waals surface area contributed by atoms with Gasteiger partial charge >= 0.3 is 0 Å². The van der Waals surface area contributed by atoms with Crippen molar-refractivity contribution >= 4 is 5.91 Å². The molecule has 0 spiro atoms. The van der Waals surface area contributed by atoms with Gasteiger partial charge in [-0.2, -0.15) is 0 Å². The molecule has 1 amide bonds. The molecule has 0 saturated carbocycles. The summed E-state index contributed by atoms with van der Waals surface area (Å²) in [5, 5.41) is 12.8. The smallest absolute Gasteiger partial charge is 0.261 e. The second-order valence-electron chi connectivity index (χ2n) is 6.77. The number of hydrogen-bond donors (Lipinski definition) is 2. The maximum Gasteiger partial charge on any atom is 0.261 e. The molecule has 4 nitrogen and oxygen atoms in total. The Labute approximate surface area is 126 Å². The molecule has 0 heterocycles. The van der Waals surface area contributed by atoms with Gasteiger partial charge in [0.2, 0.25) is 0 Å². The lowest BCUT2D eigenvalue weighted by molar-refractivity contribution is -0.128. The summed E-state index contributed by atoms with van der Waals surface area (Å²) in [5.41, 5.74) is 1.84. The van der Waals surface area contributed by atoms with E-state index in [1.54, 1.807) is 6.92 Å². The van der Waals surface area contributed by atoms with Crippen molar-refractivity contribution in [2.45, 2.75) is 64.7 Å². The maximum atomic E-state index is 12.0. The number of aliphatic hydroxyl groups is 1. The fourth-order valence-electron chi connectivity index (χ4n) is 2.57. The van der Waals surface area contributed by atoms with Gasteiger partial charge in [-0.15, -0.1) is 0 Å². The van der Waals surface area contributed by atoms with Crippen LogP contribution >= 0.6 is 0 Å². The zero-order valence-corrected chi connectivity index (χ0v) is 13.3. The van der Waals surface area contributed by atoms with Gasteiger partial charge in [0.25, 0.3) is 5.91 Å². The van der Waals surface area contributed by atoms with Crippen molar-refractivity contribution in [3.8, 4) is 5.75 Å². The monoisotopic (exact) mass is 291 g/mol. The number of rotatable bonds is 3. The Morgan fingerprint density at radius 2 is 2.14 bits per heavy atom. The number of carbonyl (C=O) groups excluding carboxylic acids is 1. The van der Waals surface area contributed by atoms with Gasteiger partial charge in [0.1, 0.15) is 5.75 Å². The van der Waals surface area contributed by atoms with E-state index in [0.717, 1.165) is 30.4 Å². The fraction of sp³-hybridized carbons (Fsp3) is 0.588. The molecule has 2 atom stereocenters. The highest BCUT2D eigenvalue weighted by Gasteiger charge is 2.22. The number of benzene rings is 1. The van der Waals surface area contributed by atoms with Gasteiger partial charge in [-0.05, 0) is 70.2 Å². The summed E-state index contributed by atoms with van der Waals surface area (Å²) < 4.78 is 5.73. The number of nitrogens with one attached hydrogen (secondary N) is 1. The average molecular weight is 291 g/mol. The molecule has 0 radical (unpaired) electrons.